The summed E-state index contributed by atoms with van der Waals surface area (Å²) in [4.78, 5) is 68.0. The van der Waals surface area contributed by atoms with Gasteiger partial charge in [-0.05, 0) is 25.7 Å². The van der Waals surface area contributed by atoms with Crippen molar-refractivity contribution in [3.05, 3.63) is 0 Å². The molecule has 17 nitrogen and oxygen atoms in total. The van der Waals surface area contributed by atoms with Crippen LogP contribution in [0.4, 0.5) is 0 Å². The van der Waals surface area contributed by atoms with Crippen molar-refractivity contribution in [2.75, 3.05) is 18.8 Å². The number of aliphatic imine (C=N–C) groups is 2. The molecule has 0 radical (unpaired) electrons. The molecule has 0 heterocycles. The summed E-state index contributed by atoms with van der Waals surface area (Å²) in [5, 5.41) is 25.2. The first-order valence-corrected chi connectivity index (χ1v) is 11.7. The average molecular weight is 549 g/mol. The minimum atomic E-state index is -1.74. The van der Waals surface area contributed by atoms with E-state index in [1.54, 1.807) is 0 Å². The standard InChI is InChI=1S/C19H36N10O7S/c20-9(8-37)14(32)27-10(3-1-5-25-18(21)22)15(33)28-11(4-2-6-26-19(23)24)16(34)29-12(17(35)36)7-13(30)31/h9-12,37H,1-8,20H2,(H,27,32)(H,28,33)(H,29,34)(H,30,31)(H,35,36)(H4,21,22,25)(H4,23,24,26). The molecule has 4 unspecified atom stereocenters. The Balaban J connectivity index is 5.70. The van der Waals surface area contributed by atoms with Crippen LogP contribution in [0.2, 0.25) is 0 Å². The van der Waals surface area contributed by atoms with Gasteiger partial charge in [0.05, 0.1) is 12.5 Å². The number of nitrogens with two attached hydrogens (primary N) is 5. The number of carbonyl (C=O) groups excluding carboxylic acids is 3. The molecule has 210 valence electrons. The summed E-state index contributed by atoms with van der Waals surface area (Å²) in [7, 11) is 0. The maximum absolute atomic E-state index is 13.0. The second-order valence-corrected chi connectivity index (χ2v) is 8.17. The molecule has 15 N–H and O–H groups in total. The lowest BCUT2D eigenvalue weighted by Crippen LogP contribution is -2.57. The van der Waals surface area contributed by atoms with Crippen LogP contribution in [-0.4, -0.2) is 94.8 Å². The summed E-state index contributed by atoms with van der Waals surface area (Å²) < 4.78 is 0. The molecule has 0 rings (SSSR count). The molecule has 4 atom stereocenters. The highest BCUT2D eigenvalue weighted by molar-refractivity contribution is 7.80. The number of nitrogens with zero attached hydrogens (tertiary/aromatic N) is 2. The largest absolute Gasteiger partial charge is 0.481 e. The molecular weight excluding hydrogens is 512 g/mol. The van der Waals surface area contributed by atoms with Crippen LogP contribution in [-0.2, 0) is 24.0 Å². The van der Waals surface area contributed by atoms with E-state index in [-0.39, 0.29) is 56.4 Å². The smallest absolute Gasteiger partial charge is 0.326 e. The summed E-state index contributed by atoms with van der Waals surface area (Å²) in [5.74, 6) is -5.78. The van der Waals surface area contributed by atoms with Crippen LogP contribution in [0.25, 0.3) is 0 Å². The SMILES string of the molecule is NC(N)=NCCCC(NC(=O)C(N)CS)C(=O)NC(CCCN=C(N)N)C(=O)NC(CC(=O)O)C(=O)O. The zero-order valence-corrected chi connectivity index (χ0v) is 21.0. The van der Waals surface area contributed by atoms with Gasteiger partial charge in [0.15, 0.2) is 11.9 Å². The van der Waals surface area contributed by atoms with Crippen molar-refractivity contribution in [2.45, 2.75) is 56.3 Å². The van der Waals surface area contributed by atoms with E-state index >= 15 is 0 Å². The van der Waals surface area contributed by atoms with Gasteiger partial charge in [-0.3, -0.25) is 29.2 Å². The third-order valence-electron chi connectivity index (χ3n) is 4.68. The van der Waals surface area contributed by atoms with Gasteiger partial charge in [0.25, 0.3) is 0 Å². The number of nitrogens with one attached hydrogen (secondary N) is 3. The van der Waals surface area contributed by atoms with Gasteiger partial charge in [-0.15, -0.1) is 0 Å². The number of amides is 3. The van der Waals surface area contributed by atoms with Gasteiger partial charge in [0.1, 0.15) is 18.1 Å². The molecule has 0 aliphatic heterocycles. The van der Waals surface area contributed by atoms with Crippen LogP contribution in [0.1, 0.15) is 32.1 Å². The van der Waals surface area contributed by atoms with Crippen molar-refractivity contribution in [3.63, 3.8) is 0 Å². The zero-order chi connectivity index (χ0) is 28.5. The van der Waals surface area contributed by atoms with Crippen LogP contribution < -0.4 is 44.6 Å². The van der Waals surface area contributed by atoms with Crippen LogP contribution >= 0.6 is 12.6 Å². The van der Waals surface area contributed by atoms with Crippen molar-refractivity contribution in [1.29, 1.82) is 0 Å². The van der Waals surface area contributed by atoms with Gasteiger partial charge < -0.3 is 54.8 Å². The topological polar surface area (TPSA) is 317 Å². The second-order valence-electron chi connectivity index (χ2n) is 7.81. The molecule has 0 bridgehead atoms. The normalized spacial score (nSPS) is 13.7. The highest BCUT2D eigenvalue weighted by atomic mass is 32.1. The molecule has 37 heavy (non-hydrogen) atoms. The van der Waals surface area contributed by atoms with Crippen LogP contribution in [0.3, 0.4) is 0 Å². The number of guanidine groups is 2. The Bertz CT molecular complexity index is 862. The summed E-state index contributed by atoms with van der Waals surface area (Å²) in [6.45, 7) is 0.244. The first-order chi connectivity index (χ1) is 17.3. The van der Waals surface area contributed by atoms with E-state index in [4.69, 9.17) is 33.8 Å². The summed E-state index contributed by atoms with van der Waals surface area (Å²) in [6, 6.07) is -5.23. The Hall–Kier alpha value is -3.80. The molecule has 0 aliphatic rings. The lowest BCUT2D eigenvalue weighted by atomic mass is 10.1. The molecular formula is C19H36N10O7S. The maximum atomic E-state index is 13.0. The number of hydrogen-bond acceptors (Lipinski definition) is 9. The summed E-state index contributed by atoms with van der Waals surface area (Å²) in [5.41, 5.74) is 26.8. The maximum Gasteiger partial charge on any atom is 0.326 e. The number of rotatable bonds is 18. The van der Waals surface area contributed by atoms with Gasteiger partial charge in [-0.2, -0.15) is 12.6 Å². The van der Waals surface area contributed by atoms with Crippen LogP contribution in [0.5, 0.6) is 0 Å². The van der Waals surface area contributed by atoms with E-state index in [0.717, 1.165) is 0 Å². The summed E-state index contributed by atoms with van der Waals surface area (Å²) in [6.07, 6.45) is -0.404. The number of hydrogen-bond donors (Lipinski definition) is 11. The van der Waals surface area contributed by atoms with E-state index in [9.17, 15) is 29.1 Å². The van der Waals surface area contributed by atoms with Crippen molar-refractivity contribution in [3.8, 4) is 0 Å². The number of aliphatic carboxylic acids is 2. The zero-order valence-electron chi connectivity index (χ0n) is 20.1. The van der Waals surface area contributed by atoms with Gasteiger partial charge in [0.2, 0.25) is 17.7 Å². The Labute approximate surface area is 218 Å². The second kappa shape index (κ2) is 17.6. The fourth-order valence-electron chi connectivity index (χ4n) is 2.83. The first-order valence-electron chi connectivity index (χ1n) is 11.1. The average Bonchev–Trinajstić information content (AvgIpc) is 2.80. The van der Waals surface area contributed by atoms with Crippen molar-refractivity contribution in [1.82, 2.24) is 16.0 Å². The molecule has 0 spiro atoms. The Kier molecular flexibility index (Phi) is 15.8. The number of carboxylic acids is 2. The van der Waals surface area contributed by atoms with E-state index in [0.29, 0.717) is 0 Å². The predicted octanol–water partition coefficient (Wildman–Crippen LogP) is -4.64. The monoisotopic (exact) mass is 548 g/mol. The molecule has 0 aliphatic carbocycles. The molecule has 0 aromatic heterocycles. The fraction of sp³-hybridized carbons (Fsp3) is 0.632. The fourth-order valence-corrected chi connectivity index (χ4v) is 2.99. The Morgan fingerprint density at radius 2 is 1.14 bits per heavy atom. The lowest BCUT2D eigenvalue weighted by molar-refractivity contribution is -0.147. The number of thiol groups is 1. The highest BCUT2D eigenvalue weighted by Crippen LogP contribution is 2.05. The van der Waals surface area contributed by atoms with Gasteiger partial charge >= 0.3 is 11.9 Å². The summed E-state index contributed by atoms with van der Waals surface area (Å²) >= 11 is 3.95. The van der Waals surface area contributed by atoms with E-state index in [1.807, 2.05) is 0 Å². The van der Waals surface area contributed by atoms with Crippen molar-refractivity contribution >= 4 is 54.2 Å². The minimum absolute atomic E-state index is 0.00412. The van der Waals surface area contributed by atoms with Crippen LogP contribution in [0.15, 0.2) is 9.98 Å². The van der Waals surface area contributed by atoms with Gasteiger partial charge in [0, 0.05) is 18.8 Å². The third-order valence-corrected chi connectivity index (χ3v) is 5.08. The van der Waals surface area contributed by atoms with E-state index in [2.05, 4.69) is 38.6 Å². The molecule has 0 saturated heterocycles. The Morgan fingerprint density at radius 3 is 1.49 bits per heavy atom. The van der Waals surface area contributed by atoms with Crippen molar-refractivity contribution in [2.24, 2.45) is 38.7 Å². The van der Waals surface area contributed by atoms with Gasteiger partial charge in [-0.25, -0.2) is 4.79 Å². The quantitative estimate of drug-likeness (QED) is 0.0333. The third kappa shape index (κ3) is 15.0. The molecule has 0 aromatic rings. The number of carboxylic acid groups (broad SMARTS) is 2. The predicted molar refractivity (Wildman–Crippen MR) is 137 cm³/mol. The van der Waals surface area contributed by atoms with Crippen LogP contribution in [0, 0.1) is 0 Å². The Morgan fingerprint density at radius 1 is 0.730 bits per heavy atom. The molecule has 3 amide bonds. The highest BCUT2D eigenvalue weighted by Gasteiger charge is 2.30. The molecule has 0 aromatic carbocycles. The molecule has 18 heteroatoms. The lowest BCUT2D eigenvalue weighted by Gasteiger charge is -2.25. The number of carbonyl (C=O) groups is 5. The van der Waals surface area contributed by atoms with E-state index in [1.165, 1.54) is 0 Å². The minimum Gasteiger partial charge on any atom is -0.481 e. The molecule has 0 saturated carbocycles. The van der Waals surface area contributed by atoms with Gasteiger partial charge in [-0.1, -0.05) is 0 Å². The molecule has 0 fully saturated rings. The first kappa shape index (κ1) is 33.2. The van der Waals surface area contributed by atoms with Crippen molar-refractivity contribution < 1.29 is 34.2 Å². The van der Waals surface area contributed by atoms with E-state index < -0.39 is 60.2 Å².